The summed E-state index contributed by atoms with van der Waals surface area (Å²) >= 11 is 0. The molecule has 2 N–H and O–H groups in total. The maximum atomic E-state index is 12.9. The molecular weight excluding hydrogens is 191 g/mol. The van der Waals surface area contributed by atoms with Gasteiger partial charge in [-0.15, -0.1) is 0 Å². The molecule has 0 unspecified atom stereocenters. The third kappa shape index (κ3) is 2.29. The van der Waals surface area contributed by atoms with Crippen LogP contribution in [-0.4, -0.2) is 22.0 Å². The number of hydrogen-bond acceptors (Lipinski definition) is 3. The molecular formula is C9H7FO4. The Kier molecular flexibility index (Phi) is 2.81. The van der Waals surface area contributed by atoms with Crippen molar-refractivity contribution >= 4 is 11.8 Å². The molecule has 74 valence electrons. The minimum Gasteiger partial charge on any atom is -0.508 e. The second-order valence-electron chi connectivity index (χ2n) is 2.68. The predicted molar refractivity (Wildman–Crippen MR) is 44.4 cm³/mol. The van der Waals surface area contributed by atoms with E-state index >= 15 is 0 Å². The molecule has 4 nitrogen and oxygen atoms in total. The quantitative estimate of drug-likeness (QED) is 0.702. The highest BCUT2D eigenvalue weighted by molar-refractivity contribution is 6.33. The van der Waals surface area contributed by atoms with E-state index in [1.165, 1.54) is 0 Å². The summed E-state index contributed by atoms with van der Waals surface area (Å²) in [4.78, 5) is 20.9. The number of carbonyl (C=O) groups is 2. The fraction of sp³-hybridized carbons (Fsp3) is 0.111. The van der Waals surface area contributed by atoms with Crippen LogP contribution in [0.3, 0.4) is 0 Å². The summed E-state index contributed by atoms with van der Waals surface area (Å²) in [6, 6.07) is 3.11. The first-order chi connectivity index (χ1) is 6.50. The van der Waals surface area contributed by atoms with E-state index in [1.807, 2.05) is 0 Å². The monoisotopic (exact) mass is 198 g/mol. The number of phenolic OH excluding ortho intramolecular Hbond substituents is 1. The number of benzene rings is 1. The van der Waals surface area contributed by atoms with Gasteiger partial charge in [-0.25, -0.2) is 9.18 Å². The van der Waals surface area contributed by atoms with Crippen LogP contribution in [-0.2, 0) is 16.0 Å². The number of aromatic hydroxyl groups is 1. The number of halogens is 1. The molecule has 14 heavy (non-hydrogen) atoms. The van der Waals surface area contributed by atoms with Crippen LogP contribution in [0.1, 0.15) is 5.56 Å². The summed E-state index contributed by atoms with van der Waals surface area (Å²) in [6.45, 7) is 0. The molecule has 5 heteroatoms. The van der Waals surface area contributed by atoms with Crippen molar-refractivity contribution in [2.24, 2.45) is 0 Å². The van der Waals surface area contributed by atoms with Crippen LogP contribution in [0.2, 0.25) is 0 Å². The Balaban J connectivity index is 2.91. The summed E-state index contributed by atoms with van der Waals surface area (Å²) in [6.07, 6.45) is -0.560. The van der Waals surface area contributed by atoms with E-state index in [4.69, 9.17) is 10.2 Å². The molecule has 0 radical (unpaired) electrons. The molecule has 0 atom stereocenters. The Hall–Kier alpha value is -1.91. The van der Waals surface area contributed by atoms with Crippen molar-refractivity contribution in [1.29, 1.82) is 0 Å². The second kappa shape index (κ2) is 3.87. The SMILES string of the molecule is O=C(O)C(=O)Cc1cc(O)ccc1F. The standard InChI is InChI=1S/C9H7FO4/c10-7-2-1-6(11)3-5(7)4-8(12)9(13)14/h1-3,11H,4H2,(H,13,14). The maximum absolute atomic E-state index is 12.9. The maximum Gasteiger partial charge on any atom is 0.372 e. The van der Waals surface area contributed by atoms with Crippen LogP contribution in [0.4, 0.5) is 4.39 Å². The summed E-state index contributed by atoms with van der Waals surface area (Å²) < 4.78 is 12.9. The summed E-state index contributed by atoms with van der Waals surface area (Å²) in [5.41, 5.74) is -0.127. The molecule has 0 saturated heterocycles. The number of ketones is 1. The van der Waals surface area contributed by atoms with Crippen molar-refractivity contribution in [3.05, 3.63) is 29.6 Å². The lowest BCUT2D eigenvalue weighted by molar-refractivity contribution is -0.148. The van der Waals surface area contributed by atoms with Gasteiger partial charge in [0, 0.05) is 6.42 Å². The van der Waals surface area contributed by atoms with Crippen molar-refractivity contribution < 1.29 is 24.2 Å². The number of carbonyl (C=O) groups excluding carboxylic acids is 1. The molecule has 1 aromatic carbocycles. The molecule has 0 fully saturated rings. The normalized spacial score (nSPS) is 9.79. The molecule has 1 rings (SSSR count). The van der Waals surface area contributed by atoms with E-state index in [0.29, 0.717) is 0 Å². The first kappa shape index (κ1) is 10.2. The molecule has 0 spiro atoms. The van der Waals surface area contributed by atoms with Gasteiger partial charge in [0.2, 0.25) is 5.78 Å². The number of rotatable bonds is 3. The van der Waals surface area contributed by atoms with Gasteiger partial charge in [-0.2, -0.15) is 0 Å². The number of carboxylic acid groups (broad SMARTS) is 1. The highest BCUT2D eigenvalue weighted by atomic mass is 19.1. The smallest absolute Gasteiger partial charge is 0.372 e. The molecule has 0 amide bonds. The molecule has 0 saturated carbocycles. The number of hydrogen-bond donors (Lipinski definition) is 2. The van der Waals surface area contributed by atoms with Gasteiger partial charge < -0.3 is 10.2 Å². The van der Waals surface area contributed by atoms with Crippen molar-refractivity contribution in [3.63, 3.8) is 0 Å². The number of aliphatic carboxylic acids is 1. The lowest BCUT2D eigenvalue weighted by atomic mass is 10.1. The minimum absolute atomic E-state index is 0.127. The lowest BCUT2D eigenvalue weighted by Gasteiger charge is -2.00. The summed E-state index contributed by atoms with van der Waals surface area (Å²) in [5, 5.41) is 17.2. The summed E-state index contributed by atoms with van der Waals surface area (Å²) in [5.74, 6) is -3.65. The zero-order chi connectivity index (χ0) is 10.7. The average Bonchev–Trinajstić information content (AvgIpc) is 2.11. The van der Waals surface area contributed by atoms with Gasteiger partial charge in [-0.1, -0.05) is 0 Å². The molecule has 0 aliphatic heterocycles. The van der Waals surface area contributed by atoms with E-state index in [9.17, 15) is 14.0 Å². The van der Waals surface area contributed by atoms with Crippen LogP contribution in [0, 0.1) is 5.82 Å². The molecule has 0 aromatic heterocycles. The predicted octanol–water partition coefficient (Wildman–Crippen LogP) is 0.728. The van der Waals surface area contributed by atoms with Crippen molar-refractivity contribution in [2.75, 3.05) is 0 Å². The molecule has 0 aliphatic rings. The Morgan fingerprint density at radius 3 is 2.57 bits per heavy atom. The lowest BCUT2D eigenvalue weighted by Crippen LogP contribution is -2.15. The van der Waals surface area contributed by atoms with E-state index < -0.39 is 24.0 Å². The van der Waals surface area contributed by atoms with Gasteiger partial charge in [0.1, 0.15) is 11.6 Å². The molecule has 0 bridgehead atoms. The first-order valence-corrected chi connectivity index (χ1v) is 3.74. The van der Waals surface area contributed by atoms with Gasteiger partial charge in [0.25, 0.3) is 0 Å². The van der Waals surface area contributed by atoms with Crippen LogP contribution in [0.5, 0.6) is 5.75 Å². The number of phenols is 1. The Morgan fingerprint density at radius 1 is 1.36 bits per heavy atom. The topological polar surface area (TPSA) is 74.6 Å². The molecule has 0 heterocycles. The highest BCUT2D eigenvalue weighted by Crippen LogP contribution is 2.15. The fourth-order valence-electron chi connectivity index (χ4n) is 0.945. The van der Waals surface area contributed by atoms with Crippen molar-refractivity contribution in [3.8, 4) is 5.75 Å². The van der Waals surface area contributed by atoms with E-state index in [2.05, 4.69) is 0 Å². The van der Waals surface area contributed by atoms with Crippen molar-refractivity contribution in [2.45, 2.75) is 6.42 Å². The van der Waals surface area contributed by atoms with Gasteiger partial charge >= 0.3 is 5.97 Å². The van der Waals surface area contributed by atoms with E-state index in [0.717, 1.165) is 18.2 Å². The third-order valence-corrected chi connectivity index (χ3v) is 1.62. The van der Waals surface area contributed by atoms with Crippen LogP contribution < -0.4 is 0 Å². The van der Waals surface area contributed by atoms with Gasteiger partial charge in [-0.05, 0) is 23.8 Å². The van der Waals surface area contributed by atoms with E-state index in [1.54, 1.807) is 0 Å². The number of carboxylic acids is 1. The largest absolute Gasteiger partial charge is 0.508 e. The second-order valence-corrected chi connectivity index (χ2v) is 2.68. The zero-order valence-corrected chi connectivity index (χ0v) is 7.03. The van der Waals surface area contributed by atoms with Crippen molar-refractivity contribution in [1.82, 2.24) is 0 Å². The summed E-state index contributed by atoms with van der Waals surface area (Å²) in [7, 11) is 0. The Labute approximate surface area is 78.6 Å². The molecule has 0 aliphatic carbocycles. The van der Waals surface area contributed by atoms with Crippen LogP contribution in [0.25, 0.3) is 0 Å². The minimum atomic E-state index is -1.62. The number of Topliss-reactive ketones (excluding diaryl/α,β-unsaturated/α-hetero) is 1. The highest BCUT2D eigenvalue weighted by Gasteiger charge is 2.15. The van der Waals surface area contributed by atoms with Crippen LogP contribution >= 0.6 is 0 Å². The fourth-order valence-corrected chi connectivity index (χ4v) is 0.945. The first-order valence-electron chi connectivity index (χ1n) is 3.74. The Morgan fingerprint density at radius 2 is 2.00 bits per heavy atom. The van der Waals surface area contributed by atoms with Crippen LogP contribution in [0.15, 0.2) is 18.2 Å². The average molecular weight is 198 g/mol. The van der Waals surface area contributed by atoms with Gasteiger partial charge in [0.15, 0.2) is 0 Å². The third-order valence-electron chi connectivity index (χ3n) is 1.62. The van der Waals surface area contributed by atoms with Gasteiger partial charge in [0.05, 0.1) is 0 Å². The van der Waals surface area contributed by atoms with Gasteiger partial charge in [-0.3, -0.25) is 4.79 Å². The molecule has 1 aromatic rings. The van der Waals surface area contributed by atoms with E-state index in [-0.39, 0.29) is 11.3 Å². The Bertz CT molecular complexity index is 386. The zero-order valence-electron chi connectivity index (χ0n) is 7.03.